The smallest absolute Gasteiger partial charge is 0.159 e. The van der Waals surface area contributed by atoms with E-state index in [-0.39, 0.29) is 0 Å². The number of methoxy groups -OCH3 is 1. The van der Waals surface area contributed by atoms with Crippen molar-refractivity contribution in [3.8, 4) is 17.1 Å². The fraction of sp³-hybridized carbons (Fsp3) is 0.412. The van der Waals surface area contributed by atoms with Gasteiger partial charge in [-0.3, -0.25) is 0 Å². The van der Waals surface area contributed by atoms with Crippen molar-refractivity contribution in [2.24, 2.45) is 0 Å². The minimum atomic E-state index is 0.765. The molecule has 0 unspecified atom stereocenters. The Bertz CT molecular complexity index is 588. The molecule has 1 aromatic carbocycles. The summed E-state index contributed by atoms with van der Waals surface area (Å²) in [7, 11) is 3.64. The summed E-state index contributed by atoms with van der Waals surface area (Å²) in [5.41, 5.74) is 4.38. The molecule has 0 atom stereocenters. The summed E-state index contributed by atoms with van der Waals surface area (Å²) in [4.78, 5) is 9.34. The fourth-order valence-electron chi connectivity index (χ4n) is 2.43. The highest BCUT2D eigenvalue weighted by Gasteiger charge is 2.10. The summed E-state index contributed by atoms with van der Waals surface area (Å²) in [5.74, 6) is 1.59. The first-order chi connectivity index (χ1) is 10.2. The van der Waals surface area contributed by atoms with Crippen LogP contribution in [0.1, 0.15) is 23.4 Å². The molecule has 4 nitrogen and oxygen atoms in total. The normalized spacial score (nSPS) is 10.7. The van der Waals surface area contributed by atoms with Gasteiger partial charge in [0.1, 0.15) is 5.75 Å². The van der Waals surface area contributed by atoms with E-state index in [1.54, 1.807) is 7.11 Å². The van der Waals surface area contributed by atoms with Crippen LogP contribution < -0.4 is 10.1 Å². The third kappa shape index (κ3) is 3.79. The topological polar surface area (TPSA) is 47.0 Å². The maximum atomic E-state index is 5.26. The zero-order valence-electron chi connectivity index (χ0n) is 13.2. The van der Waals surface area contributed by atoms with E-state index < -0.39 is 0 Å². The lowest BCUT2D eigenvalue weighted by Crippen LogP contribution is -2.10. The minimum Gasteiger partial charge on any atom is -0.497 e. The number of aromatic nitrogens is 2. The van der Waals surface area contributed by atoms with Crippen LogP contribution in [0.3, 0.4) is 0 Å². The first-order valence-electron chi connectivity index (χ1n) is 7.29. The van der Waals surface area contributed by atoms with Crippen LogP contribution in [-0.4, -0.2) is 30.7 Å². The van der Waals surface area contributed by atoms with Gasteiger partial charge in [-0.05, 0) is 58.0 Å². The number of nitrogens with zero attached hydrogens (tertiary/aromatic N) is 2. The second-order valence-electron chi connectivity index (χ2n) is 5.14. The molecule has 2 rings (SSSR count). The van der Waals surface area contributed by atoms with Crippen molar-refractivity contribution in [1.82, 2.24) is 15.3 Å². The van der Waals surface area contributed by atoms with Crippen molar-refractivity contribution in [1.29, 1.82) is 0 Å². The number of ether oxygens (including phenoxy) is 1. The van der Waals surface area contributed by atoms with Crippen LogP contribution in [0.5, 0.6) is 5.75 Å². The van der Waals surface area contributed by atoms with Crippen molar-refractivity contribution >= 4 is 0 Å². The monoisotopic (exact) mass is 285 g/mol. The Morgan fingerprint density at radius 1 is 1.14 bits per heavy atom. The van der Waals surface area contributed by atoms with E-state index in [0.29, 0.717) is 0 Å². The Balaban J connectivity index is 2.30. The van der Waals surface area contributed by atoms with Gasteiger partial charge >= 0.3 is 0 Å². The molecule has 0 bridgehead atoms. The van der Waals surface area contributed by atoms with Gasteiger partial charge in [-0.25, -0.2) is 9.97 Å². The molecule has 0 aliphatic carbocycles. The standard InChI is InChI=1S/C17H23N3O/c1-12-16(9-6-10-18-3)13(2)20-17(19-12)14-7-5-8-15(11-14)21-4/h5,7-8,11,18H,6,9-10H2,1-4H3. The van der Waals surface area contributed by atoms with Crippen LogP contribution in [0.2, 0.25) is 0 Å². The number of nitrogens with one attached hydrogen (secondary N) is 1. The molecule has 0 amide bonds. The molecule has 112 valence electrons. The van der Waals surface area contributed by atoms with Crippen LogP contribution in [-0.2, 0) is 6.42 Å². The highest BCUT2D eigenvalue weighted by atomic mass is 16.5. The number of aryl methyl sites for hydroxylation is 2. The third-order valence-corrected chi connectivity index (χ3v) is 3.60. The average molecular weight is 285 g/mol. The van der Waals surface area contributed by atoms with E-state index in [1.807, 2.05) is 31.3 Å². The summed E-state index contributed by atoms with van der Waals surface area (Å²) < 4.78 is 5.26. The molecule has 0 spiro atoms. The molecule has 1 aromatic heterocycles. The Morgan fingerprint density at radius 3 is 2.48 bits per heavy atom. The molecule has 0 aliphatic rings. The van der Waals surface area contributed by atoms with Crippen LogP contribution in [0, 0.1) is 13.8 Å². The first-order valence-corrected chi connectivity index (χ1v) is 7.29. The van der Waals surface area contributed by atoms with Gasteiger partial charge in [-0.15, -0.1) is 0 Å². The summed E-state index contributed by atoms with van der Waals surface area (Å²) in [6, 6.07) is 7.87. The van der Waals surface area contributed by atoms with E-state index in [0.717, 1.165) is 47.9 Å². The van der Waals surface area contributed by atoms with Crippen LogP contribution in [0.4, 0.5) is 0 Å². The fourth-order valence-corrected chi connectivity index (χ4v) is 2.43. The molecule has 0 aliphatic heterocycles. The van der Waals surface area contributed by atoms with Crippen molar-refractivity contribution in [2.45, 2.75) is 26.7 Å². The molecule has 1 heterocycles. The van der Waals surface area contributed by atoms with Crippen LogP contribution in [0.25, 0.3) is 11.4 Å². The Morgan fingerprint density at radius 2 is 1.86 bits per heavy atom. The van der Waals surface area contributed by atoms with E-state index in [9.17, 15) is 0 Å². The van der Waals surface area contributed by atoms with Gasteiger partial charge < -0.3 is 10.1 Å². The molecule has 4 heteroatoms. The lowest BCUT2D eigenvalue weighted by molar-refractivity contribution is 0.415. The number of benzene rings is 1. The second kappa shape index (κ2) is 7.18. The number of hydrogen-bond donors (Lipinski definition) is 1. The van der Waals surface area contributed by atoms with E-state index in [4.69, 9.17) is 4.74 Å². The third-order valence-electron chi connectivity index (χ3n) is 3.60. The molecule has 1 N–H and O–H groups in total. The Hall–Kier alpha value is -1.94. The molecule has 0 saturated carbocycles. The van der Waals surface area contributed by atoms with Crippen molar-refractivity contribution in [3.05, 3.63) is 41.2 Å². The highest BCUT2D eigenvalue weighted by molar-refractivity contribution is 5.58. The van der Waals surface area contributed by atoms with Gasteiger partial charge in [0.2, 0.25) is 0 Å². The maximum absolute atomic E-state index is 5.26. The van der Waals surface area contributed by atoms with E-state index in [2.05, 4.69) is 29.1 Å². The lowest BCUT2D eigenvalue weighted by Gasteiger charge is -2.11. The van der Waals surface area contributed by atoms with Crippen LogP contribution in [0.15, 0.2) is 24.3 Å². The van der Waals surface area contributed by atoms with Crippen LogP contribution >= 0.6 is 0 Å². The predicted octanol–water partition coefficient (Wildman–Crippen LogP) is 2.92. The largest absolute Gasteiger partial charge is 0.497 e. The Labute approximate surface area is 126 Å². The highest BCUT2D eigenvalue weighted by Crippen LogP contribution is 2.23. The molecule has 0 saturated heterocycles. The molecular formula is C17H23N3O. The SMILES string of the molecule is CNCCCc1c(C)nc(-c2cccc(OC)c2)nc1C. The average Bonchev–Trinajstić information content (AvgIpc) is 2.50. The molecular weight excluding hydrogens is 262 g/mol. The summed E-state index contributed by atoms with van der Waals surface area (Å²) >= 11 is 0. The van der Waals surface area contributed by atoms with Crippen molar-refractivity contribution < 1.29 is 4.74 Å². The summed E-state index contributed by atoms with van der Waals surface area (Å²) in [6.45, 7) is 5.14. The minimum absolute atomic E-state index is 0.765. The quantitative estimate of drug-likeness (QED) is 0.829. The summed E-state index contributed by atoms with van der Waals surface area (Å²) in [6.07, 6.45) is 2.11. The number of hydrogen-bond acceptors (Lipinski definition) is 4. The zero-order valence-corrected chi connectivity index (χ0v) is 13.2. The van der Waals surface area contributed by atoms with Gasteiger partial charge in [0.25, 0.3) is 0 Å². The summed E-state index contributed by atoms with van der Waals surface area (Å²) in [5, 5.41) is 3.17. The molecule has 2 aromatic rings. The van der Waals surface area contributed by atoms with Gasteiger partial charge in [0.05, 0.1) is 7.11 Å². The van der Waals surface area contributed by atoms with Crippen molar-refractivity contribution in [2.75, 3.05) is 20.7 Å². The number of rotatable bonds is 6. The Kier molecular flexibility index (Phi) is 5.28. The zero-order chi connectivity index (χ0) is 15.2. The van der Waals surface area contributed by atoms with E-state index >= 15 is 0 Å². The van der Waals surface area contributed by atoms with Gasteiger partial charge in [-0.2, -0.15) is 0 Å². The van der Waals surface area contributed by atoms with E-state index in [1.165, 1.54) is 5.56 Å². The molecule has 0 fully saturated rings. The maximum Gasteiger partial charge on any atom is 0.159 e. The predicted molar refractivity (Wildman–Crippen MR) is 85.7 cm³/mol. The second-order valence-corrected chi connectivity index (χ2v) is 5.14. The van der Waals surface area contributed by atoms with Gasteiger partial charge in [0.15, 0.2) is 5.82 Å². The molecule has 21 heavy (non-hydrogen) atoms. The van der Waals surface area contributed by atoms with Gasteiger partial charge in [0, 0.05) is 17.0 Å². The molecule has 0 radical (unpaired) electrons. The first kappa shape index (κ1) is 15.4. The lowest BCUT2D eigenvalue weighted by atomic mass is 10.1. The van der Waals surface area contributed by atoms with Crippen molar-refractivity contribution in [3.63, 3.8) is 0 Å². The van der Waals surface area contributed by atoms with Gasteiger partial charge in [-0.1, -0.05) is 12.1 Å².